The molecule has 0 bridgehead atoms. The second-order valence-corrected chi connectivity index (χ2v) is 6.92. The van der Waals surface area contributed by atoms with Crippen LogP contribution in [0.15, 0.2) is 0 Å². The summed E-state index contributed by atoms with van der Waals surface area (Å²) in [6, 6.07) is 0. The van der Waals surface area contributed by atoms with Gasteiger partial charge in [0, 0.05) is 11.7 Å². The highest BCUT2D eigenvalue weighted by molar-refractivity contribution is 7.99. The number of rotatable bonds is 3. The van der Waals surface area contributed by atoms with Gasteiger partial charge in [0.15, 0.2) is 0 Å². The molecule has 0 spiro atoms. The van der Waals surface area contributed by atoms with E-state index in [-0.39, 0.29) is 11.8 Å². The number of thioether (sulfide) groups is 1. The quantitative estimate of drug-likeness (QED) is 0.815. The fourth-order valence-electron chi connectivity index (χ4n) is 3.59. The molecule has 100 valence electrons. The van der Waals surface area contributed by atoms with Crippen molar-refractivity contribution >= 4 is 23.6 Å². The predicted molar refractivity (Wildman–Crippen MR) is 69.4 cm³/mol. The van der Waals surface area contributed by atoms with Gasteiger partial charge in [0.2, 0.25) is 5.91 Å². The average Bonchev–Trinajstić information content (AvgIpc) is 2.90. The second-order valence-electron chi connectivity index (χ2n) is 5.82. The van der Waals surface area contributed by atoms with Gasteiger partial charge in [-0.3, -0.25) is 4.79 Å². The Morgan fingerprint density at radius 1 is 1.22 bits per heavy atom. The Labute approximate surface area is 111 Å². The number of hydrogen-bond donors (Lipinski definition) is 2. The van der Waals surface area contributed by atoms with Crippen molar-refractivity contribution in [3.63, 3.8) is 0 Å². The highest BCUT2D eigenvalue weighted by Gasteiger charge is 2.56. The molecular weight excluding hydrogens is 250 g/mol. The Morgan fingerprint density at radius 3 is 2.39 bits per heavy atom. The summed E-state index contributed by atoms with van der Waals surface area (Å²) in [7, 11) is 0. The van der Waals surface area contributed by atoms with Crippen LogP contribution in [0.5, 0.6) is 0 Å². The Morgan fingerprint density at radius 2 is 1.89 bits per heavy atom. The zero-order chi connectivity index (χ0) is 12.8. The molecule has 0 aromatic heterocycles. The molecule has 4 nitrogen and oxygen atoms in total. The van der Waals surface area contributed by atoms with Crippen LogP contribution in [0.4, 0.5) is 0 Å². The van der Waals surface area contributed by atoms with Gasteiger partial charge in [-0.15, -0.1) is 0 Å². The van der Waals surface area contributed by atoms with Crippen molar-refractivity contribution in [1.29, 1.82) is 0 Å². The summed E-state index contributed by atoms with van der Waals surface area (Å²) >= 11 is 1.61. The van der Waals surface area contributed by atoms with E-state index in [9.17, 15) is 14.7 Å². The number of amides is 1. The molecule has 1 heterocycles. The molecule has 0 radical (unpaired) electrons. The lowest BCUT2D eigenvalue weighted by Crippen LogP contribution is -2.55. The van der Waals surface area contributed by atoms with Crippen LogP contribution in [-0.4, -0.2) is 34.0 Å². The lowest BCUT2D eigenvalue weighted by molar-refractivity contribution is -0.146. The van der Waals surface area contributed by atoms with Crippen LogP contribution < -0.4 is 5.32 Å². The van der Waals surface area contributed by atoms with Gasteiger partial charge in [-0.05, 0) is 36.9 Å². The number of aliphatic carboxylic acids is 1. The summed E-state index contributed by atoms with van der Waals surface area (Å²) in [6.45, 7) is 0. The Bertz CT molecular complexity index is 366. The van der Waals surface area contributed by atoms with Gasteiger partial charge in [-0.1, -0.05) is 12.8 Å². The Balaban J connectivity index is 1.65. The van der Waals surface area contributed by atoms with Crippen molar-refractivity contribution in [3.8, 4) is 0 Å². The second kappa shape index (κ2) is 4.44. The van der Waals surface area contributed by atoms with E-state index in [4.69, 9.17) is 0 Å². The maximum absolute atomic E-state index is 12.3. The summed E-state index contributed by atoms with van der Waals surface area (Å²) < 4.78 is 0. The molecule has 1 aliphatic heterocycles. The fourth-order valence-corrected chi connectivity index (χ4v) is 4.91. The average molecular weight is 269 g/mol. The molecule has 18 heavy (non-hydrogen) atoms. The molecule has 0 aromatic rings. The monoisotopic (exact) mass is 269 g/mol. The van der Waals surface area contributed by atoms with E-state index in [1.807, 2.05) is 0 Å². The summed E-state index contributed by atoms with van der Waals surface area (Å²) in [5.74, 6) is 1.65. The van der Waals surface area contributed by atoms with Crippen LogP contribution in [0, 0.1) is 17.8 Å². The zero-order valence-corrected chi connectivity index (χ0v) is 11.2. The van der Waals surface area contributed by atoms with Crippen LogP contribution in [-0.2, 0) is 9.59 Å². The third-order valence-corrected chi connectivity index (χ3v) is 5.94. The van der Waals surface area contributed by atoms with Crippen molar-refractivity contribution in [1.82, 2.24) is 5.32 Å². The third kappa shape index (κ3) is 1.92. The summed E-state index contributed by atoms with van der Waals surface area (Å²) in [5, 5.41) is 12.2. The number of fused-ring (bicyclic) bond motifs is 1. The van der Waals surface area contributed by atoms with Crippen molar-refractivity contribution < 1.29 is 14.7 Å². The molecular formula is C13H19NO3S. The molecule has 2 aliphatic carbocycles. The van der Waals surface area contributed by atoms with Gasteiger partial charge in [0.1, 0.15) is 5.54 Å². The van der Waals surface area contributed by atoms with Gasteiger partial charge < -0.3 is 10.4 Å². The first-order valence-electron chi connectivity index (χ1n) is 6.77. The largest absolute Gasteiger partial charge is 0.479 e. The molecule has 3 atom stereocenters. The molecule has 5 heteroatoms. The summed E-state index contributed by atoms with van der Waals surface area (Å²) in [6.07, 6.45) is 5.31. The molecule has 3 unspecified atom stereocenters. The number of hydrogen-bond acceptors (Lipinski definition) is 3. The van der Waals surface area contributed by atoms with Gasteiger partial charge in [-0.2, -0.15) is 11.8 Å². The molecule has 2 N–H and O–H groups in total. The first-order valence-corrected chi connectivity index (χ1v) is 7.93. The first kappa shape index (κ1) is 12.3. The lowest BCUT2D eigenvalue weighted by atomic mass is 9.98. The molecule has 2 saturated carbocycles. The van der Waals surface area contributed by atoms with Crippen molar-refractivity contribution in [2.45, 2.75) is 37.6 Å². The summed E-state index contributed by atoms with van der Waals surface area (Å²) in [4.78, 5) is 23.6. The normalized spacial score (nSPS) is 42.1. The predicted octanol–water partition coefficient (Wildman–Crippen LogP) is 1.50. The van der Waals surface area contributed by atoms with Crippen LogP contribution in [0.25, 0.3) is 0 Å². The zero-order valence-electron chi connectivity index (χ0n) is 10.4. The van der Waals surface area contributed by atoms with E-state index < -0.39 is 11.5 Å². The Kier molecular flexibility index (Phi) is 3.04. The smallest absolute Gasteiger partial charge is 0.330 e. The fraction of sp³-hybridized carbons (Fsp3) is 0.846. The highest BCUT2D eigenvalue weighted by atomic mass is 32.2. The highest BCUT2D eigenvalue weighted by Crippen LogP contribution is 2.55. The number of carboxylic acids is 1. The van der Waals surface area contributed by atoms with Crippen molar-refractivity contribution in [2.24, 2.45) is 17.8 Å². The minimum absolute atomic E-state index is 0.00296. The van der Waals surface area contributed by atoms with E-state index in [0.717, 1.165) is 18.6 Å². The number of carboxylic acid groups (broad SMARTS) is 1. The van der Waals surface area contributed by atoms with Crippen LogP contribution in [0.1, 0.15) is 32.1 Å². The topological polar surface area (TPSA) is 66.4 Å². The number of carbonyl (C=O) groups is 2. The summed E-state index contributed by atoms with van der Waals surface area (Å²) in [5.41, 5.74) is -0.993. The first-order chi connectivity index (χ1) is 8.64. The molecule has 1 saturated heterocycles. The van der Waals surface area contributed by atoms with Gasteiger partial charge in [-0.25, -0.2) is 4.79 Å². The SMILES string of the molecule is O=C(NC1(C(=O)O)CCSC1)C1C2CCCCC21. The minimum Gasteiger partial charge on any atom is -0.479 e. The van der Waals surface area contributed by atoms with Gasteiger partial charge >= 0.3 is 5.97 Å². The number of carbonyl (C=O) groups excluding carboxylic acids is 1. The van der Waals surface area contributed by atoms with Crippen LogP contribution in [0.2, 0.25) is 0 Å². The van der Waals surface area contributed by atoms with E-state index in [1.54, 1.807) is 11.8 Å². The van der Waals surface area contributed by atoms with E-state index in [0.29, 0.717) is 24.0 Å². The number of nitrogens with one attached hydrogen (secondary N) is 1. The van der Waals surface area contributed by atoms with Crippen LogP contribution >= 0.6 is 11.8 Å². The van der Waals surface area contributed by atoms with Crippen molar-refractivity contribution in [3.05, 3.63) is 0 Å². The minimum atomic E-state index is -0.993. The van der Waals surface area contributed by atoms with E-state index >= 15 is 0 Å². The van der Waals surface area contributed by atoms with Gasteiger partial charge in [0.25, 0.3) is 0 Å². The molecule has 0 aromatic carbocycles. The molecule has 3 rings (SSSR count). The van der Waals surface area contributed by atoms with E-state index in [2.05, 4.69) is 5.32 Å². The maximum atomic E-state index is 12.3. The standard InChI is InChI=1S/C13H19NO3S/c15-11(10-8-3-1-2-4-9(8)10)14-13(12(16)17)5-6-18-7-13/h8-10H,1-7H2,(H,14,15)(H,16,17). The third-order valence-electron chi connectivity index (χ3n) is 4.75. The van der Waals surface area contributed by atoms with Crippen molar-refractivity contribution in [2.75, 3.05) is 11.5 Å². The van der Waals surface area contributed by atoms with Crippen LogP contribution in [0.3, 0.4) is 0 Å². The molecule has 3 fully saturated rings. The maximum Gasteiger partial charge on any atom is 0.330 e. The molecule has 3 aliphatic rings. The van der Waals surface area contributed by atoms with E-state index in [1.165, 1.54) is 12.8 Å². The Hall–Kier alpha value is -0.710. The molecule has 1 amide bonds. The van der Waals surface area contributed by atoms with Gasteiger partial charge in [0.05, 0.1) is 0 Å². The lowest BCUT2D eigenvalue weighted by Gasteiger charge is -2.24.